The third-order valence-corrected chi connectivity index (χ3v) is 1.65. The highest BCUT2D eigenvalue weighted by Gasteiger charge is 2.00. The quantitative estimate of drug-likeness (QED) is 0.658. The van der Waals surface area contributed by atoms with Crippen LogP contribution in [-0.2, 0) is 17.8 Å². The van der Waals surface area contributed by atoms with E-state index in [1.807, 2.05) is 0 Å². The molecule has 72 valence electrons. The molecule has 5 nitrogen and oxygen atoms in total. The summed E-state index contributed by atoms with van der Waals surface area (Å²) < 4.78 is 4.83. The van der Waals surface area contributed by atoms with Crippen LogP contribution < -0.4 is 5.56 Å². The van der Waals surface area contributed by atoms with Gasteiger partial charge in [0.05, 0.1) is 6.61 Å². The standard InChI is InChI=1S/C8H12N2O3/c1-13-3-2-6-4-9-7(5-11)10-8(6)12/h4,11H,2-3,5H2,1H3,(H,9,10,12). The highest BCUT2D eigenvalue weighted by atomic mass is 16.5. The topological polar surface area (TPSA) is 75.2 Å². The van der Waals surface area contributed by atoms with Crippen LogP contribution in [0.1, 0.15) is 11.4 Å². The van der Waals surface area contributed by atoms with Gasteiger partial charge in [0, 0.05) is 25.3 Å². The second kappa shape index (κ2) is 4.74. The number of aliphatic hydroxyl groups is 1. The molecule has 1 aromatic heterocycles. The maximum Gasteiger partial charge on any atom is 0.254 e. The first-order valence-electron chi connectivity index (χ1n) is 3.94. The summed E-state index contributed by atoms with van der Waals surface area (Å²) in [6.07, 6.45) is 1.99. The van der Waals surface area contributed by atoms with Crippen molar-refractivity contribution < 1.29 is 9.84 Å². The first kappa shape index (κ1) is 9.88. The van der Waals surface area contributed by atoms with E-state index in [0.29, 0.717) is 18.6 Å². The van der Waals surface area contributed by atoms with Gasteiger partial charge in [0.2, 0.25) is 0 Å². The van der Waals surface area contributed by atoms with Crippen molar-refractivity contribution in [1.82, 2.24) is 9.97 Å². The van der Waals surface area contributed by atoms with E-state index in [1.165, 1.54) is 6.20 Å². The number of nitrogens with one attached hydrogen (secondary N) is 1. The van der Waals surface area contributed by atoms with Gasteiger partial charge in [0.15, 0.2) is 0 Å². The van der Waals surface area contributed by atoms with Gasteiger partial charge in [0.25, 0.3) is 5.56 Å². The minimum atomic E-state index is -0.250. The molecule has 0 aliphatic carbocycles. The van der Waals surface area contributed by atoms with Gasteiger partial charge in [-0.2, -0.15) is 0 Å². The minimum absolute atomic E-state index is 0.212. The molecule has 0 atom stereocenters. The maximum atomic E-state index is 11.2. The molecule has 13 heavy (non-hydrogen) atoms. The number of aliphatic hydroxyl groups excluding tert-OH is 1. The van der Waals surface area contributed by atoms with Crippen molar-refractivity contribution >= 4 is 0 Å². The number of hydrogen-bond acceptors (Lipinski definition) is 4. The van der Waals surface area contributed by atoms with Crippen LogP contribution >= 0.6 is 0 Å². The van der Waals surface area contributed by atoms with Crippen LogP contribution in [0.2, 0.25) is 0 Å². The van der Waals surface area contributed by atoms with Crippen molar-refractivity contribution in [3.8, 4) is 0 Å². The van der Waals surface area contributed by atoms with E-state index >= 15 is 0 Å². The lowest BCUT2D eigenvalue weighted by Crippen LogP contribution is -2.17. The highest BCUT2D eigenvalue weighted by Crippen LogP contribution is 1.91. The Bertz CT molecular complexity index is 321. The van der Waals surface area contributed by atoms with Crippen LogP contribution in [0.3, 0.4) is 0 Å². The van der Waals surface area contributed by atoms with Crippen molar-refractivity contribution in [2.75, 3.05) is 13.7 Å². The predicted molar refractivity (Wildman–Crippen MR) is 46.4 cm³/mol. The fourth-order valence-corrected chi connectivity index (χ4v) is 0.929. The van der Waals surface area contributed by atoms with Crippen molar-refractivity contribution in [2.24, 2.45) is 0 Å². The van der Waals surface area contributed by atoms with Gasteiger partial charge in [-0.25, -0.2) is 4.98 Å². The molecule has 0 unspecified atom stereocenters. The van der Waals surface area contributed by atoms with Gasteiger partial charge in [0.1, 0.15) is 12.4 Å². The van der Waals surface area contributed by atoms with Crippen LogP contribution in [0.15, 0.2) is 11.0 Å². The molecule has 1 rings (SSSR count). The molecular weight excluding hydrogens is 172 g/mol. The molecule has 0 aromatic carbocycles. The smallest absolute Gasteiger partial charge is 0.254 e. The van der Waals surface area contributed by atoms with Crippen LogP contribution in [0.25, 0.3) is 0 Å². The summed E-state index contributed by atoms with van der Waals surface area (Å²) >= 11 is 0. The van der Waals surface area contributed by atoms with Gasteiger partial charge in [-0.3, -0.25) is 4.79 Å². The largest absolute Gasteiger partial charge is 0.388 e. The summed E-state index contributed by atoms with van der Waals surface area (Å²) in [5, 5.41) is 8.67. The Morgan fingerprint density at radius 3 is 3.00 bits per heavy atom. The van der Waals surface area contributed by atoms with E-state index in [-0.39, 0.29) is 18.0 Å². The molecule has 1 heterocycles. The van der Waals surface area contributed by atoms with Gasteiger partial charge < -0.3 is 14.8 Å². The maximum absolute atomic E-state index is 11.2. The van der Waals surface area contributed by atoms with Crippen molar-refractivity contribution in [3.05, 3.63) is 27.9 Å². The second-order valence-corrected chi connectivity index (χ2v) is 2.59. The average Bonchev–Trinajstić information content (AvgIpc) is 2.16. The minimum Gasteiger partial charge on any atom is -0.388 e. The van der Waals surface area contributed by atoms with E-state index < -0.39 is 0 Å². The third-order valence-electron chi connectivity index (χ3n) is 1.65. The Labute approximate surface area is 75.4 Å². The first-order valence-corrected chi connectivity index (χ1v) is 3.94. The molecule has 5 heteroatoms. The van der Waals surface area contributed by atoms with E-state index in [9.17, 15) is 4.79 Å². The van der Waals surface area contributed by atoms with Crippen molar-refractivity contribution in [3.63, 3.8) is 0 Å². The Morgan fingerprint density at radius 1 is 1.69 bits per heavy atom. The van der Waals surface area contributed by atoms with E-state index in [1.54, 1.807) is 7.11 Å². The highest BCUT2D eigenvalue weighted by molar-refractivity contribution is 5.05. The third kappa shape index (κ3) is 2.64. The number of aromatic amines is 1. The fourth-order valence-electron chi connectivity index (χ4n) is 0.929. The summed E-state index contributed by atoms with van der Waals surface area (Å²) in [6.45, 7) is 0.239. The van der Waals surface area contributed by atoms with Crippen LogP contribution in [0, 0.1) is 0 Å². The van der Waals surface area contributed by atoms with Crippen molar-refractivity contribution in [1.29, 1.82) is 0 Å². The van der Waals surface area contributed by atoms with Crippen LogP contribution in [0.4, 0.5) is 0 Å². The summed E-state index contributed by atoms with van der Waals surface area (Å²) in [4.78, 5) is 17.6. The molecule has 1 aromatic rings. The molecule has 0 saturated carbocycles. The number of aromatic nitrogens is 2. The Morgan fingerprint density at radius 2 is 2.46 bits per heavy atom. The molecule has 0 aliphatic rings. The Balaban J connectivity index is 2.80. The van der Waals surface area contributed by atoms with Gasteiger partial charge in [-0.1, -0.05) is 0 Å². The normalized spacial score (nSPS) is 10.3. The van der Waals surface area contributed by atoms with E-state index in [4.69, 9.17) is 9.84 Å². The number of H-pyrrole nitrogens is 1. The molecule has 0 bridgehead atoms. The number of hydrogen-bond donors (Lipinski definition) is 2. The Kier molecular flexibility index (Phi) is 3.60. The SMILES string of the molecule is COCCc1cnc(CO)[nH]c1=O. The molecule has 0 amide bonds. The molecule has 0 aliphatic heterocycles. The lowest BCUT2D eigenvalue weighted by atomic mass is 10.2. The predicted octanol–water partition coefficient (Wildman–Crippen LogP) is -0.549. The van der Waals surface area contributed by atoms with Crippen LogP contribution in [-0.4, -0.2) is 28.8 Å². The lowest BCUT2D eigenvalue weighted by molar-refractivity contribution is 0.202. The molecular formula is C8H12N2O3. The second-order valence-electron chi connectivity index (χ2n) is 2.59. The summed E-state index contributed by atoms with van der Waals surface area (Å²) in [5.41, 5.74) is 0.357. The first-order chi connectivity index (χ1) is 6.27. The summed E-state index contributed by atoms with van der Waals surface area (Å²) in [6, 6.07) is 0. The molecule has 0 spiro atoms. The monoisotopic (exact) mass is 184 g/mol. The van der Waals surface area contributed by atoms with Gasteiger partial charge >= 0.3 is 0 Å². The molecule has 2 N–H and O–H groups in total. The molecule has 0 fully saturated rings. The van der Waals surface area contributed by atoms with E-state index in [0.717, 1.165) is 0 Å². The number of ether oxygens (including phenoxy) is 1. The summed E-state index contributed by atoms with van der Waals surface area (Å²) in [7, 11) is 1.57. The van der Waals surface area contributed by atoms with Crippen LogP contribution in [0.5, 0.6) is 0 Å². The zero-order valence-corrected chi connectivity index (χ0v) is 7.41. The van der Waals surface area contributed by atoms with E-state index in [2.05, 4.69) is 9.97 Å². The van der Waals surface area contributed by atoms with Gasteiger partial charge in [-0.05, 0) is 0 Å². The molecule has 0 radical (unpaired) electrons. The number of methoxy groups -OCH3 is 1. The van der Waals surface area contributed by atoms with Gasteiger partial charge in [-0.15, -0.1) is 0 Å². The van der Waals surface area contributed by atoms with Crippen molar-refractivity contribution in [2.45, 2.75) is 13.0 Å². The lowest BCUT2D eigenvalue weighted by Gasteiger charge is -1.99. The zero-order valence-electron chi connectivity index (χ0n) is 7.41. The zero-order chi connectivity index (χ0) is 9.68. The number of nitrogens with zero attached hydrogens (tertiary/aromatic N) is 1. The summed E-state index contributed by atoms with van der Waals surface area (Å²) in [5.74, 6) is 0.283. The molecule has 0 saturated heterocycles. The number of rotatable bonds is 4. The Hall–Kier alpha value is -1.20. The fraction of sp³-hybridized carbons (Fsp3) is 0.500. The average molecular weight is 184 g/mol.